The quantitative estimate of drug-likeness (QED) is 0.741. The maximum absolute atomic E-state index is 12.6. The van der Waals surface area contributed by atoms with Gasteiger partial charge in [-0.2, -0.15) is 10.1 Å². The Hall–Kier alpha value is -2.67. The number of benzene rings is 1. The van der Waals surface area contributed by atoms with Crippen LogP contribution in [0, 0.1) is 13.8 Å². The minimum absolute atomic E-state index is 0.122. The Bertz CT molecular complexity index is 982. The summed E-state index contributed by atoms with van der Waals surface area (Å²) >= 11 is 0. The molecule has 0 bridgehead atoms. The first-order chi connectivity index (χ1) is 13.0. The molecule has 3 aromatic rings. The summed E-state index contributed by atoms with van der Waals surface area (Å²) in [7, 11) is 1.81. The molecule has 7 nitrogen and oxygen atoms in total. The zero-order valence-electron chi connectivity index (χ0n) is 16.0. The van der Waals surface area contributed by atoms with Gasteiger partial charge in [0.15, 0.2) is 5.82 Å². The minimum atomic E-state index is -0.122. The van der Waals surface area contributed by atoms with E-state index >= 15 is 0 Å². The first-order valence-corrected chi connectivity index (χ1v) is 9.40. The molecule has 4 rings (SSSR count). The van der Waals surface area contributed by atoms with Gasteiger partial charge in [0.05, 0.1) is 12.7 Å². The molecule has 1 aliphatic rings. The van der Waals surface area contributed by atoms with Gasteiger partial charge in [0.2, 0.25) is 11.9 Å². The molecule has 142 valence electrons. The van der Waals surface area contributed by atoms with Crippen LogP contribution in [0.4, 0.5) is 5.95 Å². The third kappa shape index (κ3) is 3.47. The molecule has 1 saturated heterocycles. The maximum Gasteiger partial charge on any atom is 0.231 e. The predicted octanol–water partition coefficient (Wildman–Crippen LogP) is 2.83. The average Bonchev–Trinajstić information content (AvgIpc) is 3.23. The standard InChI is InChI=1S/C20H25N5O2/c1-12-4-5-16-15(11-27-18(16)13(12)2)10-17(26)22-20-23-19(24-25(20)3)14-6-8-21-9-7-14/h4-5,11,14,21H,6-10H2,1-3H3,(H,22,23,24,26). The van der Waals surface area contributed by atoms with Crippen molar-refractivity contribution in [2.24, 2.45) is 7.05 Å². The first kappa shape index (κ1) is 17.7. The molecule has 0 atom stereocenters. The Morgan fingerprint density at radius 2 is 2.11 bits per heavy atom. The van der Waals surface area contributed by atoms with E-state index in [9.17, 15) is 4.79 Å². The summed E-state index contributed by atoms with van der Waals surface area (Å²) in [6.45, 7) is 6.05. The summed E-state index contributed by atoms with van der Waals surface area (Å²) in [4.78, 5) is 17.1. The van der Waals surface area contributed by atoms with Crippen molar-refractivity contribution in [2.75, 3.05) is 18.4 Å². The summed E-state index contributed by atoms with van der Waals surface area (Å²) in [5.41, 5.74) is 4.02. The van der Waals surface area contributed by atoms with Crippen molar-refractivity contribution in [3.63, 3.8) is 0 Å². The van der Waals surface area contributed by atoms with Gasteiger partial charge in [-0.3, -0.25) is 10.1 Å². The Labute approximate surface area is 158 Å². The fourth-order valence-corrected chi connectivity index (χ4v) is 3.63. The molecule has 0 unspecified atom stereocenters. The van der Waals surface area contributed by atoms with Gasteiger partial charge < -0.3 is 9.73 Å². The molecule has 1 amide bonds. The van der Waals surface area contributed by atoms with E-state index in [-0.39, 0.29) is 12.3 Å². The van der Waals surface area contributed by atoms with Crippen LogP contribution in [0.1, 0.15) is 41.3 Å². The molecule has 1 aliphatic heterocycles. The molecule has 3 heterocycles. The van der Waals surface area contributed by atoms with Crippen molar-refractivity contribution in [1.29, 1.82) is 0 Å². The highest BCUT2D eigenvalue weighted by molar-refractivity contribution is 5.95. The largest absolute Gasteiger partial charge is 0.464 e. The molecular formula is C20H25N5O2. The second-order valence-electron chi connectivity index (χ2n) is 7.31. The number of furan rings is 1. The number of nitrogens with one attached hydrogen (secondary N) is 2. The summed E-state index contributed by atoms with van der Waals surface area (Å²) in [5, 5.41) is 11.7. The number of piperidine rings is 1. The summed E-state index contributed by atoms with van der Waals surface area (Å²) in [6.07, 6.45) is 3.97. The van der Waals surface area contributed by atoms with Crippen LogP contribution in [0.2, 0.25) is 0 Å². The second-order valence-corrected chi connectivity index (χ2v) is 7.31. The number of nitrogens with zero attached hydrogens (tertiary/aromatic N) is 3. The van der Waals surface area contributed by atoms with Crippen molar-refractivity contribution in [3.8, 4) is 0 Å². The Balaban J connectivity index is 1.48. The lowest BCUT2D eigenvalue weighted by molar-refractivity contribution is -0.115. The van der Waals surface area contributed by atoms with Crippen molar-refractivity contribution < 1.29 is 9.21 Å². The lowest BCUT2D eigenvalue weighted by Gasteiger charge is -2.19. The van der Waals surface area contributed by atoms with Gasteiger partial charge in [0.25, 0.3) is 0 Å². The fourth-order valence-electron chi connectivity index (χ4n) is 3.63. The van der Waals surface area contributed by atoms with Gasteiger partial charge in [-0.25, -0.2) is 4.68 Å². The van der Waals surface area contributed by atoms with E-state index in [4.69, 9.17) is 4.42 Å². The fraction of sp³-hybridized carbons (Fsp3) is 0.450. The van der Waals surface area contributed by atoms with E-state index < -0.39 is 0 Å². The van der Waals surface area contributed by atoms with Crippen LogP contribution in [0.3, 0.4) is 0 Å². The van der Waals surface area contributed by atoms with Crippen LogP contribution in [-0.4, -0.2) is 33.8 Å². The van der Waals surface area contributed by atoms with Crippen molar-refractivity contribution in [3.05, 3.63) is 40.9 Å². The smallest absolute Gasteiger partial charge is 0.231 e. The predicted molar refractivity (Wildman–Crippen MR) is 104 cm³/mol. The molecule has 1 fully saturated rings. The molecule has 27 heavy (non-hydrogen) atoms. The van der Waals surface area contributed by atoms with Crippen LogP contribution >= 0.6 is 0 Å². The van der Waals surface area contributed by atoms with Gasteiger partial charge >= 0.3 is 0 Å². The lowest BCUT2D eigenvalue weighted by atomic mass is 9.98. The number of aromatic nitrogens is 3. The van der Waals surface area contributed by atoms with Gasteiger partial charge in [0, 0.05) is 23.9 Å². The van der Waals surface area contributed by atoms with Crippen LogP contribution in [0.5, 0.6) is 0 Å². The zero-order chi connectivity index (χ0) is 19.0. The molecule has 0 aliphatic carbocycles. The van der Waals surface area contributed by atoms with E-state index in [1.807, 2.05) is 20.0 Å². The van der Waals surface area contributed by atoms with Crippen molar-refractivity contribution in [2.45, 2.75) is 39.0 Å². The van der Waals surface area contributed by atoms with Crippen LogP contribution in [0.25, 0.3) is 11.0 Å². The number of anilines is 1. The Morgan fingerprint density at radius 3 is 2.89 bits per heavy atom. The zero-order valence-corrected chi connectivity index (χ0v) is 16.0. The average molecular weight is 367 g/mol. The van der Waals surface area contributed by atoms with Crippen LogP contribution in [0.15, 0.2) is 22.8 Å². The second kappa shape index (κ2) is 7.15. The van der Waals surface area contributed by atoms with Gasteiger partial charge in [-0.1, -0.05) is 12.1 Å². The van der Waals surface area contributed by atoms with E-state index in [1.54, 1.807) is 10.9 Å². The van der Waals surface area contributed by atoms with Crippen molar-refractivity contribution >= 4 is 22.8 Å². The molecule has 0 saturated carbocycles. The number of carbonyl (C=O) groups is 1. The Kier molecular flexibility index (Phi) is 4.70. The molecule has 7 heteroatoms. The molecule has 2 N–H and O–H groups in total. The number of aryl methyl sites for hydroxylation is 3. The molecule has 1 aromatic carbocycles. The van der Waals surface area contributed by atoms with E-state index in [1.165, 1.54) is 5.56 Å². The van der Waals surface area contributed by atoms with E-state index in [0.717, 1.165) is 53.9 Å². The first-order valence-electron chi connectivity index (χ1n) is 9.40. The van der Waals surface area contributed by atoms with E-state index in [0.29, 0.717) is 11.9 Å². The summed E-state index contributed by atoms with van der Waals surface area (Å²) < 4.78 is 7.35. The van der Waals surface area contributed by atoms with E-state index in [2.05, 4.69) is 33.7 Å². The SMILES string of the molecule is Cc1ccc2c(CC(=O)Nc3nc(C4CCNCC4)nn3C)coc2c1C. The molecular weight excluding hydrogens is 342 g/mol. The highest BCUT2D eigenvalue weighted by atomic mass is 16.3. The van der Waals surface area contributed by atoms with Crippen LogP contribution < -0.4 is 10.6 Å². The lowest BCUT2D eigenvalue weighted by Crippen LogP contribution is -2.27. The number of fused-ring (bicyclic) bond motifs is 1. The number of carbonyl (C=O) groups excluding carboxylic acids is 1. The monoisotopic (exact) mass is 367 g/mol. The van der Waals surface area contributed by atoms with Gasteiger partial charge in [-0.05, 0) is 50.9 Å². The number of amides is 1. The molecule has 2 aromatic heterocycles. The third-order valence-corrected chi connectivity index (χ3v) is 5.43. The van der Waals surface area contributed by atoms with Gasteiger partial charge in [-0.15, -0.1) is 0 Å². The number of rotatable bonds is 4. The number of hydrogen-bond donors (Lipinski definition) is 2. The summed E-state index contributed by atoms with van der Waals surface area (Å²) in [6, 6.07) is 4.07. The minimum Gasteiger partial charge on any atom is -0.464 e. The van der Waals surface area contributed by atoms with Crippen LogP contribution in [-0.2, 0) is 18.3 Å². The normalized spacial score (nSPS) is 15.4. The number of hydrogen-bond acceptors (Lipinski definition) is 5. The molecule has 0 radical (unpaired) electrons. The van der Waals surface area contributed by atoms with Crippen molar-refractivity contribution in [1.82, 2.24) is 20.1 Å². The summed E-state index contributed by atoms with van der Waals surface area (Å²) in [5.74, 6) is 1.54. The highest BCUT2D eigenvalue weighted by Gasteiger charge is 2.21. The Morgan fingerprint density at radius 1 is 1.33 bits per heavy atom. The highest BCUT2D eigenvalue weighted by Crippen LogP contribution is 2.27. The third-order valence-electron chi connectivity index (χ3n) is 5.43. The molecule has 0 spiro atoms. The maximum atomic E-state index is 12.6. The topological polar surface area (TPSA) is 85.0 Å². The van der Waals surface area contributed by atoms with Gasteiger partial charge in [0.1, 0.15) is 5.58 Å².